The summed E-state index contributed by atoms with van der Waals surface area (Å²) in [6.45, 7) is 7.48. The highest BCUT2D eigenvalue weighted by atomic mass is 35.5. The standard InChI is InChI=1S/C20H22ClN7/c1-20(2,3)19-23-17(27-10-6-8-14(27)11-22)16-18(24-19)28(26-25-16)12-13-7-4-5-9-15(13)21/h4-5,7,9,14H,6,8,10,12H2,1-3H3/t14-/m1/s1. The molecule has 0 unspecified atom stereocenters. The molecule has 0 spiro atoms. The van der Waals surface area contributed by atoms with E-state index in [1.54, 1.807) is 4.68 Å². The fourth-order valence-corrected chi connectivity index (χ4v) is 3.62. The number of halogens is 1. The lowest BCUT2D eigenvalue weighted by atomic mass is 9.95. The maximum atomic E-state index is 9.54. The number of aromatic nitrogens is 5. The molecule has 3 aromatic rings. The minimum Gasteiger partial charge on any atom is -0.339 e. The van der Waals surface area contributed by atoms with Gasteiger partial charge in [0.25, 0.3) is 0 Å². The largest absolute Gasteiger partial charge is 0.339 e. The van der Waals surface area contributed by atoms with Gasteiger partial charge in [-0.1, -0.05) is 55.8 Å². The molecule has 0 aliphatic carbocycles. The quantitative estimate of drug-likeness (QED) is 0.672. The first-order valence-electron chi connectivity index (χ1n) is 9.40. The van der Waals surface area contributed by atoms with E-state index in [4.69, 9.17) is 21.6 Å². The highest BCUT2D eigenvalue weighted by molar-refractivity contribution is 6.31. The summed E-state index contributed by atoms with van der Waals surface area (Å²) in [7, 11) is 0. The Morgan fingerprint density at radius 3 is 2.75 bits per heavy atom. The third-order valence-electron chi connectivity index (χ3n) is 4.97. The van der Waals surface area contributed by atoms with E-state index in [2.05, 4.69) is 37.2 Å². The fraction of sp³-hybridized carbons (Fsp3) is 0.450. The molecular weight excluding hydrogens is 374 g/mol. The van der Waals surface area contributed by atoms with E-state index in [1.165, 1.54) is 0 Å². The molecule has 4 rings (SSSR count). The molecule has 1 atom stereocenters. The molecule has 0 radical (unpaired) electrons. The summed E-state index contributed by atoms with van der Waals surface area (Å²) in [5.74, 6) is 1.41. The predicted octanol–water partition coefficient (Wildman–Crippen LogP) is 3.71. The zero-order valence-corrected chi connectivity index (χ0v) is 17.0. The molecule has 2 aromatic heterocycles. The van der Waals surface area contributed by atoms with E-state index in [0.717, 1.165) is 24.9 Å². The lowest BCUT2D eigenvalue weighted by Gasteiger charge is -2.24. The third kappa shape index (κ3) is 3.29. The van der Waals surface area contributed by atoms with Crippen LogP contribution >= 0.6 is 11.6 Å². The Morgan fingerprint density at radius 2 is 2.04 bits per heavy atom. The van der Waals surface area contributed by atoms with Crippen molar-refractivity contribution in [1.29, 1.82) is 5.26 Å². The maximum absolute atomic E-state index is 9.54. The molecule has 0 bridgehead atoms. The number of nitrogens with zero attached hydrogens (tertiary/aromatic N) is 7. The Kier molecular flexibility index (Phi) is 4.68. The van der Waals surface area contributed by atoms with Gasteiger partial charge in [-0.25, -0.2) is 14.6 Å². The van der Waals surface area contributed by atoms with Crippen LogP contribution in [0.3, 0.4) is 0 Å². The van der Waals surface area contributed by atoms with Crippen LogP contribution in [0.4, 0.5) is 5.82 Å². The van der Waals surface area contributed by atoms with Crippen molar-refractivity contribution in [2.45, 2.75) is 51.6 Å². The summed E-state index contributed by atoms with van der Waals surface area (Å²) >= 11 is 6.33. The van der Waals surface area contributed by atoms with Crippen LogP contribution in [0.15, 0.2) is 24.3 Å². The maximum Gasteiger partial charge on any atom is 0.184 e. The number of hydrogen-bond donors (Lipinski definition) is 0. The SMILES string of the molecule is CC(C)(C)c1nc(N2CCC[C@@H]2C#N)c2nnn(Cc3ccccc3Cl)c2n1. The number of nitriles is 1. The van der Waals surface area contributed by atoms with Crippen LogP contribution < -0.4 is 4.90 Å². The van der Waals surface area contributed by atoms with Gasteiger partial charge in [0.2, 0.25) is 0 Å². The highest BCUT2D eigenvalue weighted by Crippen LogP contribution is 2.31. The first-order chi connectivity index (χ1) is 13.4. The number of anilines is 1. The lowest BCUT2D eigenvalue weighted by Crippen LogP contribution is -2.30. The second-order valence-electron chi connectivity index (χ2n) is 8.11. The third-order valence-corrected chi connectivity index (χ3v) is 5.34. The van der Waals surface area contributed by atoms with Crippen molar-refractivity contribution >= 4 is 28.6 Å². The number of hydrogen-bond acceptors (Lipinski definition) is 6. The van der Waals surface area contributed by atoms with Gasteiger partial charge < -0.3 is 4.90 Å². The van der Waals surface area contributed by atoms with Crippen molar-refractivity contribution in [3.63, 3.8) is 0 Å². The first-order valence-corrected chi connectivity index (χ1v) is 9.77. The zero-order valence-electron chi connectivity index (χ0n) is 16.2. The lowest BCUT2D eigenvalue weighted by molar-refractivity contribution is 0.544. The van der Waals surface area contributed by atoms with Crippen LogP contribution in [-0.4, -0.2) is 37.5 Å². The number of fused-ring (bicyclic) bond motifs is 1. The molecule has 0 amide bonds. The summed E-state index contributed by atoms with van der Waals surface area (Å²) < 4.78 is 1.76. The van der Waals surface area contributed by atoms with Crippen molar-refractivity contribution in [2.75, 3.05) is 11.4 Å². The van der Waals surface area contributed by atoms with Crippen LogP contribution in [0.5, 0.6) is 0 Å². The number of benzene rings is 1. The summed E-state index contributed by atoms with van der Waals surface area (Å²) in [5.41, 5.74) is 2.00. The molecule has 1 saturated heterocycles. The minimum atomic E-state index is -0.246. The van der Waals surface area contributed by atoms with Gasteiger partial charge in [-0.3, -0.25) is 0 Å². The van der Waals surface area contributed by atoms with Crippen molar-refractivity contribution in [3.8, 4) is 6.07 Å². The van der Waals surface area contributed by atoms with Crippen molar-refractivity contribution in [2.24, 2.45) is 0 Å². The van der Waals surface area contributed by atoms with E-state index in [1.807, 2.05) is 29.2 Å². The molecule has 1 aromatic carbocycles. The molecule has 1 fully saturated rings. The molecule has 8 heteroatoms. The van der Waals surface area contributed by atoms with E-state index in [9.17, 15) is 5.26 Å². The average Bonchev–Trinajstić information content (AvgIpc) is 3.29. The van der Waals surface area contributed by atoms with E-state index in [-0.39, 0.29) is 11.5 Å². The molecule has 144 valence electrons. The summed E-state index contributed by atoms with van der Waals surface area (Å²) in [6, 6.07) is 9.86. The van der Waals surface area contributed by atoms with Gasteiger partial charge in [-0.05, 0) is 24.5 Å². The highest BCUT2D eigenvalue weighted by Gasteiger charge is 2.31. The van der Waals surface area contributed by atoms with Gasteiger partial charge in [-0.2, -0.15) is 5.26 Å². The van der Waals surface area contributed by atoms with Crippen molar-refractivity contribution in [1.82, 2.24) is 25.0 Å². The Balaban J connectivity index is 1.87. The topological polar surface area (TPSA) is 83.5 Å². The predicted molar refractivity (Wildman–Crippen MR) is 108 cm³/mol. The van der Waals surface area contributed by atoms with Gasteiger partial charge in [0.1, 0.15) is 11.9 Å². The van der Waals surface area contributed by atoms with Crippen molar-refractivity contribution in [3.05, 3.63) is 40.7 Å². The molecule has 1 aliphatic rings. The van der Waals surface area contributed by atoms with E-state index < -0.39 is 0 Å². The molecule has 7 nitrogen and oxygen atoms in total. The minimum absolute atomic E-state index is 0.195. The zero-order chi connectivity index (χ0) is 19.9. The van der Waals surface area contributed by atoms with Crippen LogP contribution in [0.2, 0.25) is 5.02 Å². The molecule has 0 N–H and O–H groups in total. The Labute approximate surface area is 169 Å². The van der Waals surface area contributed by atoms with Gasteiger partial charge >= 0.3 is 0 Å². The fourth-order valence-electron chi connectivity index (χ4n) is 3.43. The van der Waals surface area contributed by atoms with Gasteiger partial charge in [-0.15, -0.1) is 5.10 Å². The molecule has 0 saturated carbocycles. The molecule has 1 aliphatic heterocycles. The average molecular weight is 396 g/mol. The summed E-state index contributed by atoms with van der Waals surface area (Å²) in [5, 5.41) is 18.9. The van der Waals surface area contributed by atoms with Crippen LogP contribution in [-0.2, 0) is 12.0 Å². The Hall–Kier alpha value is -2.72. The second-order valence-corrected chi connectivity index (χ2v) is 8.52. The van der Waals surface area contributed by atoms with E-state index >= 15 is 0 Å². The van der Waals surface area contributed by atoms with E-state index in [0.29, 0.717) is 34.4 Å². The summed E-state index contributed by atoms with van der Waals surface area (Å²) in [4.78, 5) is 11.6. The normalized spacial score (nSPS) is 17.2. The number of rotatable bonds is 3. The van der Waals surface area contributed by atoms with Gasteiger partial charge in [0.15, 0.2) is 17.0 Å². The van der Waals surface area contributed by atoms with Crippen molar-refractivity contribution < 1.29 is 0 Å². The van der Waals surface area contributed by atoms with Crippen LogP contribution in [0, 0.1) is 11.3 Å². The van der Waals surface area contributed by atoms with Crippen LogP contribution in [0.1, 0.15) is 45.0 Å². The molecule has 28 heavy (non-hydrogen) atoms. The Bertz CT molecular complexity index is 1060. The summed E-state index contributed by atoms with van der Waals surface area (Å²) in [6.07, 6.45) is 1.79. The smallest absolute Gasteiger partial charge is 0.184 e. The second kappa shape index (κ2) is 7.02. The van der Waals surface area contributed by atoms with Crippen LogP contribution in [0.25, 0.3) is 11.2 Å². The molecular formula is C20H22ClN7. The molecule has 3 heterocycles. The first kappa shape index (κ1) is 18.6. The monoisotopic (exact) mass is 395 g/mol. The van der Waals surface area contributed by atoms with Gasteiger partial charge in [0.05, 0.1) is 12.6 Å². The van der Waals surface area contributed by atoms with Gasteiger partial charge in [0, 0.05) is 17.0 Å². The Morgan fingerprint density at radius 1 is 1.25 bits per heavy atom.